The average Bonchev–Trinajstić information content (AvgIpc) is 2.54. The highest BCUT2D eigenvalue weighted by molar-refractivity contribution is 8.04. The molecule has 0 saturated carbocycles. The molecule has 4 heteroatoms. The summed E-state index contributed by atoms with van der Waals surface area (Å²) < 4.78 is 5.12. The third-order valence-corrected chi connectivity index (χ3v) is 4.25. The van der Waals surface area contributed by atoms with Crippen molar-refractivity contribution in [3.05, 3.63) is 71.1 Å². The van der Waals surface area contributed by atoms with E-state index >= 15 is 0 Å². The molecular weight excluding hydrogens is 304 g/mol. The van der Waals surface area contributed by atoms with Crippen LogP contribution in [0.25, 0.3) is 5.03 Å². The summed E-state index contributed by atoms with van der Waals surface area (Å²) in [5.74, 6) is -0.403. The Hall–Kier alpha value is -1.71. The molecule has 0 unspecified atom stereocenters. The average molecular weight is 319 g/mol. The molecule has 2 aromatic rings. The van der Waals surface area contributed by atoms with Gasteiger partial charge < -0.3 is 4.74 Å². The molecule has 0 spiro atoms. The van der Waals surface area contributed by atoms with Gasteiger partial charge in [0.15, 0.2) is 0 Å². The molecule has 2 rings (SSSR count). The highest BCUT2D eigenvalue weighted by Gasteiger charge is 2.18. The standard InChI is InChI=1S/C17H15ClO2S/c1-2-20-17(19)16(21-14-11-7-4-8-12-14)15(18)13-9-5-3-6-10-13/h3-12H,2H2,1H3/b16-15+. The summed E-state index contributed by atoms with van der Waals surface area (Å²) in [6, 6.07) is 19.0. The van der Waals surface area contributed by atoms with Crippen molar-refractivity contribution in [3.63, 3.8) is 0 Å². The molecule has 2 aromatic carbocycles. The maximum absolute atomic E-state index is 12.2. The van der Waals surface area contributed by atoms with Gasteiger partial charge in [0.05, 0.1) is 11.6 Å². The Bertz CT molecular complexity index is 624. The van der Waals surface area contributed by atoms with Crippen LogP contribution in [0.5, 0.6) is 0 Å². The molecule has 0 amide bonds. The third-order valence-electron chi connectivity index (χ3n) is 2.65. The highest BCUT2D eigenvalue weighted by atomic mass is 35.5. The van der Waals surface area contributed by atoms with E-state index in [0.717, 1.165) is 10.5 Å². The topological polar surface area (TPSA) is 26.3 Å². The lowest BCUT2D eigenvalue weighted by molar-refractivity contribution is -0.137. The van der Waals surface area contributed by atoms with E-state index in [4.69, 9.17) is 16.3 Å². The molecule has 0 radical (unpaired) electrons. The SMILES string of the molecule is CCOC(=O)/C(Sc1ccccc1)=C(\Cl)c1ccccc1. The number of halogens is 1. The summed E-state index contributed by atoms with van der Waals surface area (Å²) in [5, 5.41) is 0.405. The number of thioether (sulfide) groups is 1. The second-order valence-electron chi connectivity index (χ2n) is 4.14. The van der Waals surface area contributed by atoms with Gasteiger partial charge in [0, 0.05) is 4.90 Å². The van der Waals surface area contributed by atoms with Crippen molar-refractivity contribution in [2.45, 2.75) is 11.8 Å². The second-order valence-corrected chi connectivity index (χ2v) is 5.61. The third kappa shape index (κ3) is 4.38. The smallest absolute Gasteiger partial charge is 0.346 e. The van der Waals surface area contributed by atoms with Crippen LogP contribution in [0.15, 0.2) is 70.5 Å². The number of hydrogen-bond acceptors (Lipinski definition) is 3. The van der Waals surface area contributed by atoms with Crippen LogP contribution in [0.4, 0.5) is 0 Å². The number of rotatable bonds is 5. The van der Waals surface area contributed by atoms with Crippen molar-refractivity contribution in [1.82, 2.24) is 0 Å². The van der Waals surface area contributed by atoms with Gasteiger partial charge in [-0.1, -0.05) is 71.9 Å². The van der Waals surface area contributed by atoms with E-state index in [1.165, 1.54) is 11.8 Å². The first-order valence-electron chi connectivity index (χ1n) is 6.57. The molecule has 0 bridgehead atoms. The molecule has 0 saturated heterocycles. The lowest BCUT2D eigenvalue weighted by Gasteiger charge is -2.10. The molecule has 2 nitrogen and oxygen atoms in total. The minimum absolute atomic E-state index is 0.316. The summed E-state index contributed by atoms with van der Waals surface area (Å²) in [6.07, 6.45) is 0. The molecule has 0 atom stereocenters. The number of benzene rings is 2. The summed E-state index contributed by atoms with van der Waals surface area (Å²) >= 11 is 7.72. The van der Waals surface area contributed by atoms with Gasteiger partial charge in [-0.05, 0) is 24.6 Å². The van der Waals surface area contributed by atoms with Crippen LogP contribution in [0.3, 0.4) is 0 Å². The Morgan fingerprint density at radius 3 is 2.19 bits per heavy atom. The minimum Gasteiger partial charge on any atom is -0.462 e. The normalized spacial score (nSPS) is 11.7. The van der Waals surface area contributed by atoms with E-state index in [9.17, 15) is 4.79 Å². The van der Waals surface area contributed by atoms with Crippen LogP contribution in [0.2, 0.25) is 0 Å². The van der Waals surface area contributed by atoms with E-state index < -0.39 is 5.97 Å². The van der Waals surface area contributed by atoms with Gasteiger partial charge in [0.1, 0.15) is 4.91 Å². The fourth-order valence-corrected chi connectivity index (χ4v) is 2.89. The van der Waals surface area contributed by atoms with Gasteiger partial charge >= 0.3 is 5.97 Å². The van der Waals surface area contributed by atoms with E-state index in [-0.39, 0.29) is 0 Å². The molecule has 0 heterocycles. The van der Waals surface area contributed by atoms with Crippen molar-refractivity contribution >= 4 is 34.4 Å². The zero-order valence-corrected chi connectivity index (χ0v) is 13.2. The Balaban J connectivity index is 2.38. The predicted octanol–water partition coefficient (Wildman–Crippen LogP) is 4.95. The first-order valence-corrected chi connectivity index (χ1v) is 7.77. The zero-order chi connectivity index (χ0) is 15.1. The molecule has 0 fully saturated rings. The van der Waals surface area contributed by atoms with Crippen LogP contribution in [0.1, 0.15) is 12.5 Å². The predicted molar refractivity (Wildman–Crippen MR) is 88.1 cm³/mol. The molecule has 21 heavy (non-hydrogen) atoms. The minimum atomic E-state index is -0.403. The van der Waals surface area contributed by atoms with E-state index in [0.29, 0.717) is 16.5 Å². The fraction of sp³-hybridized carbons (Fsp3) is 0.118. The number of carbonyl (C=O) groups is 1. The van der Waals surface area contributed by atoms with Crippen molar-refractivity contribution < 1.29 is 9.53 Å². The molecule has 0 N–H and O–H groups in total. The molecule has 0 aliphatic heterocycles. The highest BCUT2D eigenvalue weighted by Crippen LogP contribution is 2.35. The zero-order valence-electron chi connectivity index (χ0n) is 11.6. The Morgan fingerprint density at radius 2 is 1.62 bits per heavy atom. The first-order chi connectivity index (χ1) is 10.2. The Labute approximate surface area is 133 Å². The van der Waals surface area contributed by atoms with E-state index in [2.05, 4.69) is 0 Å². The van der Waals surface area contributed by atoms with Crippen molar-refractivity contribution in [1.29, 1.82) is 0 Å². The first kappa shape index (κ1) is 15.7. The van der Waals surface area contributed by atoms with Gasteiger partial charge in [0.2, 0.25) is 0 Å². The summed E-state index contributed by atoms with van der Waals surface area (Å²) in [6.45, 7) is 2.09. The number of hydrogen-bond donors (Lipinski definition) is 0. The summed E-state index contributed by atoms with van der Waals surface area (Å²) in [7, 11) is 0. The largest absolute Gasteiger partial charge is 0.462 e. The van der Waals surface area contributed by atoms with Crippen molar-refractivity contribution in [3.8, 4) is 0 Å². The van der Waals surface area contributed by atoms with E-state index in [1.807, 2.05) is 60.7 Å². The van der Waals surface area contributed by atoms with Crippen molar-refractivity contribution in [2.24, 2.45) is 0 Å². The van der Waals surface area contributed by atoms with Gasteiger partial charge in [-0.2, -0.15) is 0 Å². The second kappa shape index (κ2) is 7.91. The monoisotopic (exact) mass is 318 g/mol. The molecule has 0 aromatic heterocycles. The van der Waals surface area contributed by atoms with Crippen LogP contribution in [-0.4, -0.2) is 12.6 Å². The number of esters is 1. The van der Waals surface area contributed by atoms with Gasteiger partial charge in [-0.25, -0.2) is 4.79 Å². The molecule has 0 aliphatic rings. The molecule has 108 valence electrons. The van der Waals surface area contributed by atoms with Gasteiger partial charge in [0.25, 0.3) is 0 Å². The summed E-state index contributed by atoms with van der Waals surface area (Å²) in [4.78, 5) is 13.5. The van der Waals surface area contributed by atoms with E-state index in [1.54, 1.807) is 6.92 Å². The lowest BCUT2D eigenvalue weighted by atomic mass is 10.2. The molecular formula is C17H15ClO2S. The van der Waals surface area contributed by atoms with Gasteiger partial charge in [-0.3, -0.25) is 0 Å². The number of ether oxygens (including phenoxy) is 1. The quantitative estimate of drug-likeness (QED) is 0.443. The maximum atomic E-state index is 12.2. The van der Waals surface area contributed by atoms with Crippen LogP contribution in [-0.2, 0) is 9.53 Å². The lowest BCUT2D eigenvalue weighted by Crippen LogP contribution is -2.06. The van der Waals surface area contributed by atoms with Crippen molar-refractivity contribution in [2.75, 3.05) is 6.61 Å². The van der Waals surface area contributed by atoms with Crippen LogP contribution < -0.4 is 0 Å². The molecule has 0 aliphatic carbocycles. The van der Waals surface area contributed by atoms with Crippen LogP contribution >= 0.6 is 23.4 Å². The Kier molecular flexibility index (Phi) is 5.90. The Morgan fingerprint density at radius 1 is 1.05 bits per heavy atom. The summed E-state index contributed by atoms with van der Waals surface area (Å²) in [5.41, 5.74) is 0.797. The van der Waals surface area contributed by atoms with Crippen LogP contribution in [0, 0.1) is 0 Å². The fourth-order valence-electron chi connectivity index (χ4n) is 1.69. The number of carbonyl (C=O) groups excluding carboxylic acids is 1. The maximum Gasteiger partial charge on any atom is 0.346 e. The van der Waals surface area contributed by atoms with Gasteiger partial charge in [-0.15, -0.1) is 0 Å².